The number of nitrogens with one attached hydrogen (secondary N) is 3. The number of halogens is 2. The molecule has 2 rings (SSSR count). The number of sulfonamides is 1. The number of carbonyl (C=O) groups is 2. The van der Waals surface area contributed by atoms with Crippen molar-refractivity contribution in [1.82, 2.24) is 15.4 Å². The van der Waals surface area contributed by atoms with Crippen molar-refractivity contribution in [2.75, 3.05) is 13.6 Å². The van der Waals surface area contributed by atoms with Gasteiger partial charge in [0.15, 0.2) is 11.6 Å². The second-order valence-corrected chi connectivity index (χ2v) is 7.55. The SMILES string of the molecule is CNC(=O)c1cccc(CNC(=O)CCNS(=O)(=O)c2ccc(F)c(F)c2)c1. The Morgan fingerprint density at radius 1 is 1.04 bits per heavy atom. The molecule has 0 aromatic heterocycles. The van der Waals surface area contributed by atoms with Gasteiger partial charge in [-0.2, -0.15) is 0 Å². The van der Waals surface area contributed by atoms with Gasteiger partial charge in [0, 0.05) is 32.1 Å². The van der Waals surface area contributed by atoms with E-state index in [0.717, 1.165) is 6.07 Å². The van der Waals surface area contributed by atoms with E-state index in [1.54, 1.807) is 24.3 Å². The number of hydrogen-bond donors (Lipinski definition) is 3. The first-order valence-corrected chi connectivity index (χ1v) is 9.73. The van der Waals surface area contributed by atoms with Crippen LogP contribution in [0.15, 0.2) is 47.4 Å². The molecule has 0 aliphatic heterocycles. The van der Waals surface area contributed by atoms with Gasteiger partial charge in [-0.3, -0.25) is 9.59 Å². The molecule has 2 aromatic carbocycles. The van der Waals surface area contributed by atoms with Gasteiger partial charge in [-0.25, -0.2) is 21.9 Å². The van der Waals surface area contributed by atoms with Crippen molar-refractivity contribution in [3.63, 3.8) is 0 Å². The van der Waals surface area contributed by atoms with Gasteiger partial charge in [-0.15, -0.1) is 0 Å². The van der Waals surface area contributed by atoms with Gasteiger partial charge >= 0.3 is 0 Å². The molecule has 0 saturated carbocycles. The van der Waals surface area contributed by atoms with Gasteiger partial charge in [0.1, 0.15) is 0 Å². The van der Waals surface area contributed by atoms with Crippen LogP contribution in [0, 0.1) is 11.6 Å². The highest BCUT2D eigenvalue weighted by molar-refractivity contribution is 7.89. The van der Waals surface area contributed by atoms with Gasteiger partial charge < -0.3 is 10.6 Å². The molecule has 0 unspecified atom stereocenters. The number of benzene rings is 2. The van der Waals surface area contributed by atoms with E-state index in [0.29, 0.717) is 23.3 Å². The Morgan fingerprint density at radius 3 is 2.46 bits per heavy atom. The second-order valence-electron chi connectivity index (χ2n) is 5.78. The fraction of sp³-hybridized carbons (Fsp3) is 0.222. The van der Waals surface area contributed by atoms with E-state index in [-0.39, 0.29) is 25.4 Å². The molecule has 2 amide bonds. The topological polar surface area (TPSA) is 104 Å². The van der Waals surface area contributed by atoms with Crippen LogP contribution in [-0.4, -0.2) is 33.8 Å². The van der Waals surface area contributed by atoms with Crippen molar-refractivity contribution in [3.8, 4) is 0 Å². The first-order chi connectivity index (χ1) is 13.2. The zero-order chi connectivity index (χ0) is 20.7. The molecular formula is C18H19F2N3O4S. The molecule has 150 valence electrons. The van der Waals surface area contributed by atoms with Gasteiger partial charge in [0.25, 0.3) is 5.91 Å². The first-order valence-electron chi connectivity index (χ1n) is 8.25. The standard InChI is InChI=1S/C18H19F2N3O4S/c1-21-18(25)13-4-2-3-12(9-13)11-22-17(24)7-8-23-28(26,27)14-5-6-15(19)16(20)10-14/h2-6,9-10,23H,7-8,11H2,1H3,(H,21,25)(H,22,24). The monoisotopic (exact) mass is 411 g/mol. The van der Waals surface area contributed by atoms with Gasteiger partial charge in [-0.05, 0) is 35.9 Å². The van der Waals surface area contributed by atoms with Gasteiger partial charge in [-0.1, -0.05) is 12.1 Å². The molecule has 0 aliphatic carbocycles. The lowest BCUT2D eigenvalue weighted by atomic mass is 10.1. The number of hydrogen-bond acceptors (Lipinski definition) is 4. The largest absolute Gasteiger partial charge is 0.355 e. The summed E-state index contributed by atoms with van der Waals surface area (Å²) < 4.78 is 52.2. The van der Waals surface area contributed by atoms with E-state index in [9.17, 15) is 26.8 Å². The van der Waals surface area contributed by atoms with Crippen LogP contribution in [0.5, 0.6) is 0 Å². The predicted molar refractivity (Wildman–Crippen MR) is 97.8 cm³/mol. The third-order valence-corrected chi connectivity index (χ3v) is 5.21. The predicted octanol–water partition coefficient (Wildman–Crippen LogP) is 1.31. The molecule has 0 spiro atoms. The lowest BCUT2D eigenvalue weighted by Gasteiger charge is -2.09. The summed E-state index contributed by atoms with van der Waals surface area (Å²) in [5.41, 5.74) is 1.16. The molecule has 7 nitrogen and oxygen atoms in total. The smallest absolute Gasteiger partial charge is 0.251 e. The fourth-order valence-electron chi connectivity index (χ4n) is 2.28. The van der Waals surface area contributed by atoms with E-state index >= 15 is 0 Å². The molecule has 10 heteroatoms. The lowest BCUT2D eigenvalue weighted by molar-refractivity contribution is -0.121. The molecule has 0 atom stereocenters. The Morgan fingerprint density at radius 2 is 1.79 bits per heavy atom. The summed E-state index contributed by atoms with van der Waals surface area (Å²) in [5.74, 6) is -3.10. The van der Waals surface area contributed by atoms with Crippen molar-refractivity contribution in [1.29, 1.82) is 0 Å². The van der Waals surface area contributed by atoms with Crippen molar-refractivity contribution in [3.05, 3.63) is 65.2 Å². The summed E-state index contributed by atoms with van der Waals surface area (Å²) >= 11 is 0. The number of carbonyl (C=O) groups excluding carboxylic acids is 2. The normalized spacial score (nSPS) is 11.1. The van der Waals surface area contributed by atoms with Crippen LogP contribution in [0.2, 0.25) is 0 Å². The van der Waals surface area contributed by atoms with Crippen LogP contribution < -0.4 is 15.4 Å². The summed E-state index contributed by atoms with van der Waals surface area (Å²) in [6.07, 6.45) is -0.155. The number of rotatable bonds is 8. The summed E-state index contributed by atoms with van der Waals surface area (Å²) in [6.45, 7) is -0.0506. The molecule has 0 fully saturated rings. The van der Waals surface area contributed by atoms with Gasteiger partial charge in [0.2, 0.25) is 15.9 Å². The minimum Gasteiger partial charge on any atom is -0.355 e. The maximum atomic E-state index is 13.2. The highest BCUT2D eigenvalue weighted by atomic mass is 32.2. The van der Waals surface area contributed by atoms with Crippen molar-refractivity contribution >= 4 is 21.8 Å². The maximum absolute atomic E-state index is 13.2. The average molecular weight is 411 g/mol. The highest BCUT2D eigenvalue weighted by Gasteiger charge is 2.16. The first kappa shape index (κ1) is 21.5. The van der Waals surface area contributed by atoms with Crippen LogP contribution in [0.4, 0.5) is 8.78 Å². The minimum atomic E-state index is -4.06. The molecule has 0 radical (unpaired) electrons. The molecule has 0 bridgehead atoms. The lowest BCUT2D eigenvalue weighted by Crippen LogP contribution is -2.30. The maximum Gasteiger partial charge on any atom is 0.251 e. The molecule has 2 aromatic rings. The highest BCUT2D eigenvalue weighted by Crippen LogP contribution is 2.13. The molecule has 0 aliphatic rings. The summed E-state index contributed by atoms with van der Waals surface area (Å²) in [7, 11) is -2.55. The van der Waals surface area contributed by atoms with E-state index in [4.69, 9.17) is 0 Å². The molecule has 0 saturated heterocycles. The van der Waals surface area contributed by atoms with E-state index in [1.807, 2.05) is 0 Å². The summed E-state index contributed by atoms with van der Waals surface area (Å²) in [6, 6.07) is 8.89. The second kappa shape index (κ2) is 9.38. The van der Waals surface area contributed by atoms with Crippen LogP contribution in [-0.2, 0) is 21.4 Å². The third-order valence-electron chi connectivity index (χ3n) is 3.75. The van der Waals surface area contributed by atoms with Crippen LogP contribution in [0.3, 0.4) is 0 Å². The Hall–Kier alpha value is -2.85. The van der Waals surface area contributed by atoms with Crippen LogP contribution >= 0.6 is 0 Å². The zero-order valence-corrected chi connectivity index (χ0v) is 15.8. The number of amides is 2. The average Bonchev–Trinajstić information content (AvgIpc) is 2.67. The van der Waals surface area contributed by atoms with Crippen LogP contribution in [0.1, 0.15) is 22.3 Å². The van der Waals surface area contributed by atoms with Crippen molar-refractivity contribution in [2.45, 2.75) is 17.9 Å². The van der Waals surface area contributed by atoms with E-state index in [1.165, 1.54) is 7.05 Å². The molecule has 3 N–H and O–H groups in total. The molecule has 0 heterocycles. The van der Waals surface area contributed by atoms with Crippen LogP contribution in [0.25, 0.3) is 0 Å². The Labute approximate surface area is 161 Å². The minimum absolute atomic E-state index is 0.155. The van der Waals surface area contributed by atoms with Crippen molar-refractivity contribution in [2.24, 2.45) is 0 Å². The third kappa shape index (κ3) is 5.83. The fourth-order valence-corrected chi connectivity index (χ4v) is 3.33. The summed E-state index contributed by atoms with van der Waals surface area (Å²) in [4.78, 5) is 23.0. The molecule has 28 heavy (non-hydrogen) atoms. The Balaban J connectivity index is 1.84. The van der Waals surface area contributed by atoms with Crippen molar-refractivity contribution < 1.29 is 26.8 Å². The zero-order valence-electron chi connectivity index (χ0n) is 15.0. The quantitative estimate of drug-likeness (QED) is 0.609. The van der Waals surface area contributed by atoms with Gasteiger partial charge in [0.05, 0.1) is 4.90 Å². The Kier molecular flexibility index (Phi) is 7.18. The van der Waals surface area contributed by atoms with E-state index in [2.05, 4.69) is 15.4 Å². The Bertz CT molecular complexity index is 981. The molecular weight excluding hydrogens is 392 g/mol. The summed E-state index contributed by atoms with van der Waals surface area (Å²) in [5, 5.41) is 5.11. The van der Waals surface area contributed by atoms with E-state index < -0.39 is 32.5 Å².